The number of carbonyl (C=O) groups excluding carboxylic acids is 1. The van der Waals surface area contributed by atoms with E-state index in [1.54, 1.807) is 24.3 Å². The van der Waals surface area contributed by atoms with Gasteiger partial charge in [-0.25, -0.2) is 14.3 Å². The average molecular weight is 530 g/mol. The van der Waals surface area contributed by atoms with Gasteiger partial charge in [0.15, 0.2) is 0 Å². The van der Waals surface area contributed by atoms with E-state index in [1.807, 2.05) is 84.9 Å². The number of rotatable bonds is 8. The number of hydrogen-bond donors (Lipinski definition) is 3. The average Bonchev–Trinajstić information content (AvgIpc) is 3.42. The van der Waals surface area contributed by atoms with Gasteiger partial charge in [0.25, 0.3) is 5.56 Å². The Kier molecular flexibility index (Phi) is 6.80. The third-order valence-electron chi connectivity index (χ3n) is 7.06. The van der Waals surface area contributed by atoms with E-state index in [0.29, 0.717) is 23.1 Å². The largest absolute Gasteiger partial charge is 0.344 e. The van der Waals surface area contributed by atoms with Crippen molar-refractivity contribution in [2.75, 3.05) is 0 Å². The first-order valence-corrected chi connectivity index (χ1v) is 13.1. The van der Waals surface area contributed by atoms with Crippen LogP contribution < -0.4 is 16.6 Å². The molecule has 8 heteroatoms. The van der Waals surface area contributed by atoms with Gasteiger partial charge >= 0.3 is 5.69 Å². The monoisotopic (exact) mass is 529 g/mol. The summed E-state index contributed by atoms with van der Waals surface area (Å²) in [6.07, 6.45) is 0.625. The number of hydrogen-bond acceptors (Lipinski definition) is 4. The topological polar surface area (TPSA) is 113 Å². The smallest absolute Gasteiger partial charge is 0.329 e. The predicted molar refractivity (Wildman–Crippen MR) is 155 cm³/mol. The minimum Gasteiger partial charge on any atom is -0.344 e. The van der Waals surface area contributed by atoms with Crippen molar-refractivity contribution in [1.29, 1.82) is 0 Å². The molecule has 0 saturated carbocycles. The summed E-state index contributed by atoms with van der Waals surface area (Å²) in [6.45, 7) is 0. The first kappa shape index (κ1) is 25.1. The van der Waals surface area contributed by atoms with Crippen LogP contribution in [0.1, 0.15) is 29.0 Å². The fourth-order valence-electron chi connectivity index (χ4n) is 5.07. The lowest BCUT2D eigenvalue weighted by Gasteiger charge is -2.23. The van der Waals surface area contributed by atoms with Gasteiger partial charge in [-0.15, -0.1) is 0 Å². The molecule has 3 N–H and O–H groups in total. The first-order chi connectivity index (χ1) is 19.6. The number of aromatic nitrogens is 4. The lowest BCUT2D eigenvalue weighted by molar-refractivity contribution is -0.125. The zero-order valence-electron chi connectivity index (χ0n) is 21.6. The van der Waals surface area contributed by atoms with Crippen LogP contribution in [0, 0.1) is 0 Å². The van der Waals surface area contributed by atoms with Gasteiger partial charge in [0.1, 0.15) is 11.9 Å². The second-order valence-corrected chi connectivity index (χ2v) is 9.75. The van der Waals surface area contributed by atoms with E-state index in [-0.39, 0.29) is 6.42 Å². The molecule has 0 aliphatic carbocycles. The highest BCUT2D eigenvalue weighted by atomic mass is 16.2. The summed E-state index contributed by atoms with van der Waals surface area (Å²) >= 11 is 0. The van der Waals surface area contributed by atoms with Crippen LogP contribution in [0.2, 0.25) is 0 Å². The normalized spacial score (nSPS) is 12.8. The Morgan fingerprint density at radius 1 is 0.725 bits per heavy atom. The highest BCUT2D eigenvalue weighted by Gasteiger charge is 2.29. The molecule has 198 valence electrons. The van der Waals surface area contributed by atoms with Gasteiger partial charge in [-0.2, -0.15) is 0 Å². The fraction of sp³-hybridized carbons (Fsp3) is 0.125. The van der Waals surface area contributed by atoms with Crippen LogP contribution in [0.15, 0.2) is 119 Å². The number of para-hydroxylation sites is 3. The maximum absolute atomic E-state index is 14.1. The van der Waals surface area contributed by atoms with Crippen molar-refractivity contribution < 1.29 is 4.79 Å². The van der Waals surface area contributed by atoms with Gasteiger partial charge < -0.3 is 15.3 Å². The molecule has 0 radical (unpaired) electrons. The standard InChI is InChI=1S/C32H27N5O3/c38-30(35-27(19-21-11-3-1-4-12-21)29-33-25-17-9-10-18-26(25)34-29)28(20-22-13-5-2-6-14-22)37-31(39)23-15-7-8-16-24(23)36-32(37)40/h1-18,27-28H,19-20H2,(H,33,34)(H,35,38)(H,36,40)/t27-,28-/m1/s1. The molecule has 2 atom stereocenters. The summed E-state index contributed by atoms with van der Waals surface area (Å²) in [4.78, 5) is 51.8. The van der Waals surface area contributed by atoms with Crippen LogP contribution >= 0.6 is 0 Å². The van der Waals surface area contributed by atoms with Gasteiger partial charge in [-0.05, 0) is 41.8 Å². The zero-order valence-corrected chi connectivity index (χ0v) is 21.6. The predicted octanol–water partition coefficient (Wildman–Crippen LogP) is 4.45. The van der Waals surface area contributed by atoms with Gasteiger partial charge in [0, 0.05) is 6.42 Å². The molecule has 2 heterocycles. The number of aromatic amines is 2. The molecule has 0 unspecified atom stereocenters. The van der Waals surface area contributed by atoms with E-state index in [9.17, 15) is 14.4 Å². The highest BCUT2D eigenvalue weighted by molar-refractivity contribution is 5.83. The van der Waals surface area contributed by atoms with E-state index in [1.165, 1.54) is 0 Å². The van der Waals surface area contributed by atoms with Crippen molar-refractivity contribution in [3.05, 3.63) is 147 Å². The van der Waals surface area contributed by atoms with E-state index in [0.717, 1.165) is 26.7 Å². The van der Waals surface area contributed by atoms with Gasteiger partial charge in [0.05, 0.1) is 28.0 Å². The van der Waals surface area contributed by atoms with Crippen LogP contribution in [0.25, 0.3) is 21.9 Å². The van der Waals surface area contributed by atoms with Crippen LogP contribution in [0.5, 0.6) is 0 Å². The number of carbonyl (C=O) groups is 1. The number of imidazole rings is 1. The number of benzene rings is 4. The van der Waals surface area contributed by atoms with Crippen molar-refractivity contribution >= 4 is 27.8 Å². The summed E-state index contributed by atoms with van der Waals surface area (Å²) in [5.74, 6) is 0.143. The molecule has 4 aromatic carbocycles. The second kappa shape index (κ2) is 10.9. The first-order valence-electron chi connectivity index (χ1n) is 13.1. The van der Waals surface area contributed by atoms with Gasteiger partial charge in [-0.3, -0.25) is 9.59 Å². The Morgan fingerprint density at radius 3 is 2.02 bits per heavy atom. The van der Waals surface area contributed by atoms with Gasteiger partial charge in [-0.1, -0.05) is 84.9 Å². The molecule has 8 nitrogen and oxygen atoms in total. The second-order valence-electron chi connectivity index (χ2n) is 9.75. The molecule has 0 spiro atoms. The Morgan fingerprint density at radius 2 is 1.32 bits per heavy atom. The zero-order chi connectivity index (χ0) is 27.5. The SMILES string of the molecule is O=C(N[C@H](Cc1ccccc1)c1nc2ccccc2[nH]1)[C@@H](Cc1ccccc1)n1c(=O)[nH]c2ccccc2c1=O. The van der Waals surface area contributed by atoms with E-state index < -0.39 is 29.2 Å². The Labute approximate surface area is 229 Å². The Balaban J connectivity index is 1.42. The maximum Gasteiger partial charge on any atom is 0.329 e. The third kappa shape index (κ3) is 5.07. The molecular formula is C32H27N5O3. The molecule has 40 heavy (non-hydrogen) atoms. The van der Waals surface area contributed by atoms with Crippen molar-refractivity contribution in [2.45, 2.75) is 24.9 Å². The minimum absolute atomic E-state index is 0.159. The lowest BCUT2D eigenvalue weighted by Crippen LogP contribution is -2.46. The lowest BCUT2D eigenvalue weighted by atomic mass is 10.0. The molecule has 0 fully saturated rings. The number of H-pyrrole nitrogens is 2. The summed E-state index contributed by atoms with van der Waals surface area (Å²) in [6, 6.07) is 32.0. The summed E-state index contributed by atoms with van der Waals surface area (Å²) in [5, 5.41) is 3.46. The van der Waals surface area contributed by atoms with Crippen LogP contribution in [-0.4, -0.2) is 25.4 Å². The number of amides is 1. The van der Waals surface area contributed by atoms with Crippen LogP contribution in [0.4, 0.5) is 0 Å². The summed E-state index contributed by atoms with van der Waals surface area (Å²) in [5.41, 5.74) is 2.75. The number of fused-ring (bicyclic) bond motifs is 2. The Hall–Kier alpha value is -5.24. The number of nitrogens with zero attached hydrogens (tertiary/aromatic N) is 2. The molecule has 1 amide bonds. The minimum atomic E-state index is -1.09. The van der Waals surface area contributed by atoms with Crippen molar-refractivity contribution in [3.8, 4) is 0 Å². The molecule has 0 saturated heterocycles. The highest BCUT2D eigenvalue weighted by Crippen LogP contribution is 2.22. The molecule has 6 aromatic rings. The van der Waals surface area contributed by atoms with Gasteiger partial charge in [0.2, 0.25) is 5.91 Å². The van der Waals surface area contributed by atoms with E-state index in [2.05, 4.69) is 15.3 Å². The number of nitrogens with one attached hydrogen (secondary N) is 3. The molecule has 0 aliphatic heterocycles. The molecule has 0 aliphatic rings. The van der Waals surface area contributed by atoms with Crippen LogP contribution in [0.3, 0.4) is 0 Å². The maximum atomic E-state index is 14.1. The molecule has 0 bridgehead atoms. The van der Waals surface area contributed by atoms with Crippen molar-refractivity contribution in [1.82, 2.24) is 24.8 Å². The summed E-state index contributed by atoms with van der Waals surface area (Å²) < 4.78 is 1.03. The summed E-state index contributed by atoms with van der Waals surface area (Å²) in [7, 11) is 0. The fourth-order valence-corrected chi connectivity index (χ4v) is 5.07. The molecular weight excluding hydrogens is 502 g/mol. The molecule has 2 aromatic heterocycles. The molecule has 6 rings (SSSR count). The quantitative estimate of drug-likeness (QED) is 0.270. The third-order valence-corrected chi connectivity index (χ3v) is 7.06. The van der Waals surface area contributed by atoms with Crippen molar-refractivity contribution in [3.63, 3.8) is 0 Å². The van der Waals surface area contributed by atoms with E-state index >= 15 is 0 Å². The van der Waals surface area contributed by atoms with E-state index in [4.69, 9.17) is 4.98 Å². The van der Waals surface area contributed by atoms with Crippen LogP contribution in [-0.2, 0) is 17.6 Å². The van der Waals surface area contributed by atoms with Crippen molar-refractivity contribution in [2.24, 2.45) is 0 Å². The Bertz CT molecular complexity index is 1880.